The first-order valence-electron chi connectivity index (χ1n) is 8.27. The number of fused-ring (bicyclic) bond motifs is 1. The van der Waals surface area contributed by atoms with Gasteiger partial charge in [0, 0.05) is 11.3 Å². The van der Waals surface area contributed by atoms with E-state index in [1.807, 2.05) is 0 Å². The zero-order chi connectivity index (χ0) is 20.3. The van der Waals surface area contributed by atoms with Crippen molar-refractivity contribution >= 4 is 28.7 Å². The van der Waals surface area contributed by atoms with Gasteiger partial charge in [-0.15, -0.1) is 0 Å². The Labute approximate surface area is 162 Å². The molecule has 8 nitrogen and oxygen atoms in total. The number of anilines is 1. The molecule has 1 aromatic carbocycles. The number of halogens is 2. The van der Waals surface area contributed by atoms with Crippen LogP contribution in [0.2, 0.25) is 0 Å². The van der Waals surface area contributed by atoms with Crippen LogP contribution in [0.25, 0.3) is 11.2 Å². The molecule has 2 aromatic heterocycles. The molecule has 2 heterocycles. The number of aliphatic hydroxyl groups excluding tert-OH is 2. The van der Waals surface area contributed by atoms with E-state index in [2.05, 4.69) is 25.3 Å². The van der Waals surface area contributed by atoms with E-state index in [0.717, 1.165) is 24.0 Å². The van der Waals surface area contributed by atoms with Gasteiger partial charge in [0.25, 0.3) is 5.56 Å². The molecule has 28 heavy (non-hydrogen) atoms. The first-order valence-corrected chi connectivity index (χ1v) is 9.25. The van der Waals surface area contributed by atoms with Crippen molar-refractivity contribution in [2.45, 2.75) is 30.0 Å². The van der Waals surface area contributed by atoms with Gasteiger partial charge in [0.1, 0.15) is 5.52 Å². The average molecular weight is 409 g/mol. The maximum Gasteiger partial charge on any atom is 0.268 e. The molecule has 2 atom stereocenters. The van der Waals surface area contributed by atoms with Crippen LogP contribution in [-0.4, -0.2) is 48.9 Å². The number of hydrogen-bond donors (Lipinski definition) is 4. The van der Waals surface area contributed by atoms with Crippen LogP contribution in [-0.2, 0) is 5.75 Å². The summed E-state index contributed by atoms with van der Waals surface area (Å²) in [7, 11) is 0. The van der Waals surface area contributed by atoms with Gasteiger partial charge in [0.2, 0.25) is 0 Å². The normalized spacial score (nSPS) is 13.5. The lowest BCUT2D eigenvalue weighted by Crippen LogP contribution is -2.35. The van der Waals surface area contributed by atoms with Crippen molar-refractivity contribution in [3.8, 4) is 0 Å². The number of aliphatic hydroxyl groups is 2. The van der Waals surface area contributed by atoms with Gasteiger partial charge in [-0.25, -0.2) is 23.7 Å². The number of rotatable bonds is 7. The lowest BCUT2D eigenvalue weighted by molar-refractivity contribution is 0.132. The van der Waals surface area contributed by atoms with E-state index in [-0.39, 0.29) is 40.1 Å². The summed E-state index contributed by atoms with van der Waals surface area (Å²) in [5, 5.41) is 22.2. The lowest BCUT2D eigenvalue weighted by Gasteiger charge is -2.20. The minimum atomic E-state index is -0.948. The standard InChI is InChI=1S/C17H17F2N5O3S/c1-8(26)11(6-25)21-15-14-16(22-12(27)5-20-14)24-17(23-15)28-7-9-3-2-4-10(18)13(9)19/h2-5,8,11,25-26H,6-7H2,1H3,(H2,21,22,23,24,27)/t8-,11-/m1/s1. The first kappa shape index (κ1) is 20.1. The number of nitrogens with zero attached hydrogens (tertiary/aromatic N) is 3. The zero-order valence-electron chi connectivity index (χ0n) is 14.7. The second-order valence-corrected chi connectivity index (χ2v) is 6.92. The molecule has 0 radical (unpaired) electrons. The highest BCUT2D eigenvalue weighted by Crippen LogP contribution is 2.26. The van der Waals surface area contributed by atoms with Gasteiger partial charge in [-0.3, -0.25) is 4.79 Å². The van der Waals surface area contributed by atoms with Crippen molar-refractivity contribution in [2.24, 2.45) is 0 Å². The molecule has 4 N–H and O–H groups in total. The van der Waals surface area contributed by atoms with E-state index < -0.39 is 29.3 Å². The van der Waals surface area contributed by atoms with Gasteiger partial charge in [0.15, 0.2) is 28.3 Å². The van der Waals surface area contributed by atoms with Crippen molar-refractivity contribution in [1.82, 2.24) is 19.9 Å². The van der Waals surface area contributed by atoms with Crippen molar-refractivity contribution in [1.29, 1.82) is 0 Å². The van der Waals surface area contributed by atoms with Gasteiger partial charge in [-0.05, 0) is 13.0 Å². The van der Waals surface area contributed by atoms with E-state index >= 15 is 0 Å². The smallest absolute Gasteiger partial charge is 0.268 e. The molecule has 3 rings (SSSR count). The predicted octanol–water partition coefficient (Wildman–Crippen LogP) is 1.44. The van der Waals surface area contributed by atoms with Crippen LogP contribution in [0.4, 0.5) is 14.6 Å². The molecule has 0 aliphatic heterocycles. The SMILES string of the molecule is C[C@@H](O)[C@@H](CO)Nc1nc(SCc2cccc(F)c2F)nc2[nH]c(=O)cnc12. The third-order valence-corrected chi connectivity index (χ3v) is 4.80. The first-order chi connectivity index (χ1) is 13.4. The Balaban J connectivity index is 1.96. The highest BCUT2D eigenvalue weighted by atomic mass is 32.2. The van der Waals surface area contributed by atoms with Crippen LogP contribution in [0.15, 0.2) is 34.3 Å². The number of aromatic nitrogens is 4. The van der Waals surface area contributed by atoms with Gasteiger partial charge in [-0.2, -0.15) is 0 Å². The fourth-order valence-electron chi connectivity index (χ4n) is 2.38. The molecule has 0 saturated carbocycles. The molecule has 0 unspecified atom stereocenters. The number of H-pyrrole nitrogens is 1. The molecule has 11 heteroatoms. The Morgan fingerprint density at radius 3 is 2.82 bits per heavy atom. The van der Waals surface area contributed by atoms with Crippen LogP contribution in [0.1, 0.15) is 12.5 Å². The van der Waals surface area contributed by atoms with Crippen LogP contribution in [0, 0.1) is 11.6 Å². The van der Waals surface area contributed by atoms with Crippen molar-refractivity contribution in [3.63, 3.8) is 0 Å². The van der Waals surface area contributed by atoms with Gasteiger partial charge < -0.3 is 20.5 Å². The second-order valence-electron chi connectivity index (χ2n) is 5.98. The zero-order valence-corrected chi connectivity index (χ0v) is 15.5. The Bertz CT molecular complexity index is 1050. The molecule has 0 aliphatic rings. The molecule has 0 bridgehead atoms. The van der Waals surface area contributed by atoms with E-state index in [9.17, 15) is 23.8 Å². The van der Waals surface area contributed by atoms with Gasteiger partial charge in [0.05, 0.1) is 24.9 Å². The summed E-state index contributed by atoms with van der Waals surface area (Å²) in [4.78, 5) is 26.6. The predicted molar refractivity (Wildman–Crippen MR) is 100 cm³/mol. The third-order valence-electron chi connectivity index (χ3n) is 3.91. The van der Waals surface area contributed by atoms with Crippen LogP contribution in [0.5, 0.6) is 0 Å². The molecule has 0 amide bonds. The highest BCUT2D eigenvalue weighted by Gasteiger charge is 2.18. The minimum absolute atomic E-state index is 0.0544. The van der Waals surface area contributed by atoms with Crippen molar-refractivity contribution in [3.05, 3.63) is 51.9 Å². The van der Waals surface area contributed by atoms with E-state index in [0.29, 0.717) is 0 Å². The monoisotopic (exact) mass is 409 g/mol. The molecular formula is C17H17F2N5O3S. The molecular weight excluding hydrogens is 392 g/mol. The topological polar surface area (TPSA) is 124 Å². The van der Waals surface area contributed by atoms with Gasteiger partial charge in [-0.1, -0.05) is 23.9 Å². The number of nitrogens with one attached hydrogen (secondary N) is 2. The average Bonchev–Trinajstić information content (AvgIpc) is 2.66. The van der Waals surface area contributed by atoms with E-state index in [4.69, 9.17) is 0 Å². The second kappa shape index (κ2) is 8.59. The summed E-state index contributed by atoms with van der Waals surface area (Å²) in [6.07, 6.45) is 0.164. The molecule has 0 saturated heterocycles. The molecule has 3 aromatic rings. The fraction of sp³-hybridized carbons (Fsp3) is 0.294. The molecule has 0 fully saturated rings. The van der Waals surface area contributed by atoms with E-state index in [1.54, 1.807) is 0 Å². The summed E-state index contributed by atoms with van der Waals surface area (Å²) >= 11 is 1.03. The maximum atomic E-state index is 13.8. The number of thioether (sulfide) groups is 1. The highest BCUT2D eigenvalue weighted by molar-refractivity contribution is 7.98. The quantitative estimate of drug-likeness (QED) is 0.341. The number of hydrogen-bond acceptors (Lipinski definition) is 8. The third kappa shape index (κ3) is 4.43. The Morgan fingerprint density at radius 2 is 2.11 bits per heavy atom. The molecule has 148 valence electrons. The van der Waals surface area contributed by atoms with Crippen LogP contribution >= 0.6 is 11.8 Å². The summed E-state index contributed by atoms with van der Waals surface area (Å²) in [6, 6.07) is 3.15. The molecule has 0 aliphatic carbocycles. The van der Waals surface area contributed by atoms with Crippen LogP contribution in [0.3, 0.4) is 0 Å². The minimum Gasteiger partial charge on any atom is -0.394 e. The summed E-state index contributed by atoms with van der Waals surface area (Å²) in [5.41, 5.74) is 0.0353. The number of aromatic amines is 1. The van der Waals surface area contributed by atoms with E-state index in [1.165, 1.54) is 19.1 Å². The van der Waals surface area contributed by atoms with Crippen molar-refractivity contribution in [2.75, 3.05) is 11.9 Å². The summed E-state index contributed by atoms with van der Waals surface area (Å²) in [5.74, 6) is -1.66. The Morgan fingerprint density at radius 1 is 1.32 bits per heavy atom. The fourth-order valence-corrected chi connectivity index (χ4v) is 3.20. The Kier molecular flexibility index (Phi) is 6.17. The summed E-state index contributed by atoms with van der Waals surface area (Å²) < 4.78 is 27.2. The Hall–Kier alpha value is -2.63. The van der Waals surface area contributed by atoms with Crippen LogP contribution < -0.4 is 10.9 Å². The molecule has 0 spiro atoms. The summed E-state index contributed by atoms with van der Waals surface area (Å²) in [6.45, 7) is 1.12. The van der Waals surface area contributed by atoms with Crippen molar-refractivity contribution < 1.29 is 19.0 Å². The number of benzene rings is 1. The largest absolute Gasteiger partial charge is 0.394 e. The lowest BCUT2D eigenvalue weighted by atomic mass is 10.2. The maximum absolute atomic E-state index is 13.8. The van der Waals surface area contributed by atoms with Gasteiger partial charge >= 0.3 is 0 Å².